The van der Waals surface area contributed by atoms with Gasteiger partial charge in [-0.25, -0.2) is 0 Å². The summed E-state index contributed by atoms with van der Waals surface area (Å²) in [5.74, 6) is 1.29. The number of likely N-dealkylation sites (tertiary alicyclic amines) is 1. The highest BCUT2D eigenvalue weighted by atomic mass is 16.5. The van der Waals surface area contributed by atoms with Gasteiger partial charge in [0.1, 0.15) is 5.75 Å². The lowest BCUT2D eigenvalue weighted by Gasteiger charge is -2.21. The molecule has 1 aliphatic heterocycles. The SMILES string of the molecule is Cc1cccc(-c2noc([C@@H]3C[C@@H](O)CN3Cc3ccccc3O)n2)c1. The number of aromatic hydroxyl groups is 1. The Hall–Kier alpha value is -2.70. The number of benzene rings is 2. The first kappa shape index (κ1) is 16.8. The van der Waals surface area contributed by atoms with Crippen LogP contribution in [0.3, 0.4) is 0 Å². The van der Waals surface area contributed by atoms with Crippen molar-refractivity contribution in [3.8, 4) is 17.1 Å². The van der Waals surface area contributed by atoms with Gasteiger partial charge < -0.3 is 14.7 Å². The highest BCUT2D eigenvalue weighted by Crippen LogP contribution is 2.34. The summed E-state index contributed by atoms with van der Waals surface area (Å²) in [7, 11) is 0. The first-order valence-corrected chi connectivity index (χ1v) is 8.70. The fourth-order valence-corrected chi connectivity index (χ4v) is 3.45. The van der Waals surface area contributed by atoms with Gasteiger partial charge in [0.2, 0.25) is 11.7 Å². The molecule has 0 aliphatic carbocycles. The summed E-state index contributed by atoms with van der Waals surface area (Å²) >= 11 is 0. The van der Waals surface area contributed by atoms with Gasteiger partial charge in [-0.15, -0.1) is 0 Å². The first-order valence-electron chi connectivity index (χ1n) is 8.70. The fourth-order valence-electron chi connectivity index (χ4n) is 3.45. The second kappa shape index (κ2) is 6.90. The normalized spacial score (nSPS) is 20.5. The van der Waals surface area contributed by atoms with Crippen LogP contribution in [0.4, 0.5) is 0 Å². The number of phenols is 1. The minimum Gasteiger partial charge on any atom is -0.508 e. The van der Waals surface area contributed by atoms with E-state index in [0.717, 1.165) is 16.7 Å². The minimum atomic E-state index is -0.458. The average Bonchev–Trinajstić information content (AvgIpc) is 3.24. The average molecular weight is 351 g/mol. The number of aryl methyl sites for hydroxylation is 1. The lowest BCUT2D eigenvalue weighted by Crippen LogP contribution is -2.24. The smallest absolute Gasteiger partial charge is 0.244 e. The fraction of sp³-hybridized carbons (Fsp3) is 0.300. The molecule has 1 aromatic heterocycles. The zero-order chi connectivity index (χ0) is 18.1. The van der Waals surface area contributed by atoms with E-state index in [1.807, 2.05) is 43.3 Å². The summed E-state index contributed by atoms with van der Waals surface area (Å²) in [5.41, 5.74) is 2.85. The molecule has 1 aliphatic rings. The van der Waals surface area contributed by atoms with E-state index in [0.29, 0.717) is 31.2 Å². The number of hydrogen-bond acceptors (Lipinski definition) is 6. The van der Waals surface area contributed by atoms with Crippen LogP contribution in [0, 0.1) is 6.92 Å². The van der Waals surface area contributed by atoms with E-state index in [2.05, 4.69) is 15.0 Å². The van der Waals surface area contributed by atoms with Gasteiger partial charge in [-0.2, -0.15) is 4.98 Å². The van der Waals surface area contributed by atoms with Gasteiger partial charge in [-0.3, -0.25) is 4.90 Å². The predicted molar refractivity (Wildman–Crippen MR) is 96.4 cm³/mol. The summed E-state index contributed by atoms with van der Waals surface area (Å²) in [5, 5.41) is 24.3. The second-order valence-electron chi connectivity index (χ2n) is 6.79. The molecular weight excluding hydrogens is 330 g/mol. The maximum Gasteiger partial charge on any atom is 0.244 e. The van der Waals surface area contributed by atoms with E-state index in [9.17, 15) is 10.2 Å². The van der Waals surface area contributed by atoms with Crippen LogP contribution in [0.25, 0.3) is 11.4 Å². The van der Waals surface area contributed by atoms with Crippen LogP contribution in [-0.4, -0.2) is 37.9 Å². The van der Waals surface area contributed by atoms with Crippen molar-refractivity contribution in [2.45, 2.75) is 32.0 Å². The Balaban J connectivity index is 1.58. The summed E-state index contributed by atoms with van der Waals surface area (Å²) in [6, 6.07) is 15.0. The summed E-state index contributed by atoms with van der Waals surface area (Å²) in [4.78, 5) is 6.62. The number of rotatable bonds is 4. The molecule has 0 spiro atoms. The van der Waals surface area contributed by atoms with E-state index < -0.39 is 6.10 Å². The molecule has 0 radical (unpaired) electrons. The van der Waals surface area contributed by atoms with Crippen molar-refractivity contribution in [2.24, 2.45) is 0 Å². The van der Waals surface area contributed by atoms with E-state index in [1.165, 1.54) is 0 Å². The molecule has 0 unspecified atom stereocenters. The number of nitrogens with zero attached hydrogens (tertiary/aromatic N) is 3. The third kappa shape index (κ3) is 3.34. The van der Waals surface area contributed by atoms with Gasteiger partial charge >= 0.3 is 0 Å². The van der Waals surface area contributed by atoms with Crippen LogP contribution >= 0.6 is 0 Å². The molecule has 4 rings (SSSR count). The molecule has 2 heterocycles. The maximum atomic E-state index is 10.1. The topological polar surface area (TPSA) is 82.6 Å². The highest BCUT2D eigenvalue weighted by Gasteiger charge is 2.36. The largest absolute Gasteiger partial charge is 0.508 e. The van der Waals surface area contributed by atoms with Crippen LogP contribution in [0.5, 0.6) is 5.75 Å². The maximum absolute atomic E-state index is 10.1. The van der Waals surface area contributed by atoms with Crippen molar-refractivity contribution < 1.29 is 14.7 Å². The molecule has 134 valence electrons. The van der Waals surface area contributed by atoms with Crippen molar-refractivity contribution in [2.75, 3.05) is 6.54 Å². The van der Waals surface area contributed by atoms with E-state index in [-0.39, 0.29) is 11.8 Å². The van der Waals surface area contributed by atoms with Crippen LogP contribution < -0.4 is 0 Å². The van der Waals surface area contributed by atoms with Crippen LogP contribution in [0.2, 0.25) is 0 Å². The van der Waals surface area contributed by atoms with E-state index >= 15 is 0 Å². The second-order valence-corrected chi connectivity index (χ2v) is 6.79. The van der Waals surface area contributed by atoms with Gasteiger partial charge in [0.15, 0.2) is 0 Å². The Morgan fingerprint density at radius 2 is 2.04 bits per heavy atom. The Bertz CT molecular complexity index is 909. The van der Waals surface area contributed by atoms with Crippen molar-refractivity contribution >= 4 is 0 Å². The first-order chi connectivity index (χ1) is 12.6. The molecule has 6 heteroatoms. The molecule has 1 saturated heterocycles. The molecule has 3 aromatic rings. The Morgan fingerprint density at radius 1 is 1.19 bits per heavy atom. The third-order valence-corrected chi connectivity index (χ3v) is 4.75. The molecular formula is C20H21N3O3. The lowest BCUT2D eigenvalue weighted by atomic mass is 10.1. The number of hydrogen-bond donors (Lipinski definition) is 2. The number of para-hydroxylation sites is 1. The van der Waals surface area contributed by atoms with Crippen molar-refractivity contribution in [3.63, 3.8) is 0 Å². The number of β-amino-alcohol motifs (C(OH)–C–C–N with tert-alkyl or cyclic N) is 1. The monoisotopic (exact) mass is 351 g/mol. The van der Waals surface area contributed by atoms with E-state index in [4.69, 9.17) is 4.52 Å². The van der Waals surface area contributed by atoms with Gasteiger partial charge in [-0.1, -0.05) is 47.1 Å². The van der Waals surface area contributed by atoms with Crippen molar-refractivity contribution in [1.82, 2.24) is 15.0 Å². The molecule has 2 aromatic carbocycles. The summed E-state index contributed by atoms with van der Waals surface area (Å²) in [6.07, 6.45) is 0.0726. The van der Waals surface area contributed by atoms with Crippen LogP contribution in [0.1, 0.15) is 29.5 Å². The summed E-state index contributed by atoms with van der Waals surface area (Å²) in [6.45, 7) is 3.03. The zero-order valence-electron chi connectivity index (χ0n) is 14.5. The number of aromatic nitrogens is 2. The van der Waals surface area contributed by atoms with Crippen LogP contribution in [0.15, 0.2) is 53.1 Å². The molecule has 0 saturated carbocycles. The Morgan fingerprint density at radius 3 is 2.85 bits per heavy atom. The predicted octanol–water partition coefficient (Wildman–Crippen LogP) is 3.06. The highest BCUT2D eigenvalue weighted by molar-refractivity contribution is 5.55. The third-order valence-electron chi connectivity index (χ3n) is 4.75. The quantitative estimate of drug-likeness (QED) is 0.752. The van der Waals surface area contributed by atoms with Crippen molar-refractivity contribution in [1.29, 1.82) is 0 Å². The number of aliphatic hydroxyl groups excluding tert-OH is 1. The molecule has 6 nitrogen and oxygen atoms in total. The molecule has 26 heavy (non-hydrogen) atoms. The molecule has 1 fully saturated rings. The molecule has 0 bridgehead atoms. The number of phenolic OH excluding ortho intramolecular Hbond substituents is 1. The number of aliphatic hydroxyl groups is 1. The van der Waals surface area contributed by atoms with Gasteiger partial charge in [0.05, 0.1) is 12.1 Å². The van der Waals surface area contributed by atoms with Crippen molar-refractivity contribution in [3.05, 3.63) is 65.5 Å². The van der Waals surface area contributed by atoms with Crippen LogP contribution in [-0.2, 0) is 6.54 Å². The molecule has 2 N–H and O–H groups in total. The molecule has 2 atom stereocenters. The van der Waals surface area contributed by atoms with E-state index in [1.54, 1.807) is 12.1 Å². The lowest BCUT2D eigenvalue weighted by molar-refractivity contribution is 0.168. The minimum absolute atomic E-state index is 0.171. The molecule has 0 amide bonds. The standard InChI is InChI=1S/C20H21N3O3/c1-13-5-4-7-14(9-13)19-21-20(26-22-19)17-10-16(24)12-23(17)11-15-6-2-3-8-18(15)25/h2-9,16-17,24-25H,10-12H2,1H3/t16-,17+/m1/s1. The van der Waals surface area contributed by atoms with Gasteiger partial charge in [0, 0.05) is 24.2 Å². The Labute approximate surface area is 151 Å². The van der Waals surface area contributed by atoms with Gasteiger partial charge in [0.25, 0.3) is 0 Å². The summed E-state index contributed by atoms with van der Waals surface area (Å²) < 4.78 is 5.51. The van der Waals surface area contributed by atoms with Gasteiger partial charge in [-0.05, 0) is 25.5 Å². The zero-order valence-corrected chi connectivity index (χ0v) is 14.5. The Kier molecular flexibility index (Phi) is 4.44.